The molecule has 0 bridgehead atoms. The SMILES string of the molecule is CC(NC1CCc2ccccc21)C1CCCO1. The van der Waals surface area contributed by atoms with Gasteiger partial charge in [0.05, 0.1) is 6.10 Å². The van der Waals surface area contributed by atoms with Gasteiger partial charge in [0.2, 0.25) is 0 Å². The Morgan fingerprint density at radius 2 is 2.18 bits per heavy atom. The average molecular weight is 231 g/mol. The van der Waals surface area contributed by atoms with Crippen LogP contribution in [-0.2, 0) is 11.2 Å². The zero-order chi connectivity index (χ0) is 11.7. The molecule has 3 unspecified atom stereocenters. The molecule has 92 valence electrons. The predicted molar refractivity (Wildman–Crippen MR) is 69.1 cm³/mol. The summed E-state index contributed by atoms with van der Waals surface area (Å²) in [6.07, 6.45) is 5.30. The van der Waals surface area contributed by atoms with E-state index in [0.29, 0.717) is 18.2 Å². The summed E-state index contributed by atoms with van der Waals surface area (Å²) in [7, 11) is 0. The van der Waals surface area contributed by atoms with Crippen molar-refractivity contribution in [3.8, 4) is 0 Å². The molecule has 2 nitrogen and oxygen atoms in total. The highest BCUT2D eigenvalue weighted by molar-refractivity contribution is 5.34. The molecule has 1 aromatic carbocycles. The maximum absolute atomic E-state index is 5.75. The smallest absolute Gasteiger partial charge is 0.0726 e. The van der Waals surface area contributed by atoms with Crippen molar-refractivity contribution in [1.82, 2.24) is 5.32 Å². The first-order valence-corrected chi connectivity index (χ1v) is 6.80. The van der Waals surface area contributed by atoms with Gasteiger partial charge in [-0.1, -0.05) is 24.3 Å². The van der Waals surface area contributed by atoms with Gasteiger partial charge in [-0.15, -0.1) is 0 Å². The molecule has 2 heteroatoms. The Morgan fingerprint density at radius 3 is 3.00 bits per heavy atom. The number of aryl methyl sites for hydroxylation is 1. The standard InChI is InChI=1S/C15H21NO/c1-11(15-7-4-10-17-15)16-14-9-8-12-5-2-3-6-13(12)14/h2-3,5-6,11,14-16H,4,7-10H2,1H3. The van der Waals surface area contributed by atoms with Crippen LogP contribution in [0, 0.1) is 0 Å². The highest BCUT2D eigenvalue weighted by atomic mass is 16.5. The number of ether oxygens (including phenoxy) is 1. The Kier molecular flexibility index (Phi) is 3.17. The van der Waals surface area contributed by atoms with Gasteiger partial charge < -0.3 is 10.1 Å². The summed E-state index contributed by atoms with van der Waals surface area (Å²) in [4.78, 5) is 0. The van der Waals surface area contributed by atoms with Crippen molar-refractivity contribution in [3.63, 3.8) is 0 Å². The molecule has 1 aromatic rings. The van der Waals surface area contributed by atoms with Crippen molar-refractivity contribution < 1.29 is 4.74 Å². The molecule has 1 heterocycles. The monoisotopic (exact) mass is 231 g/mol. The Hall–Kier alpha value is -0.860. The van der Waals surface area contributed by atoms with Gasteiger partial charge in [-0.25, -0.2) is 0 Å². The third kappa shape index (κ3) is 2.24. The van der Waals surface area contributed by atoms with Crippen LogP contribution in [0.5, 0.6) is 0 Å². The summed E-state index contributed by atoms with van der Waals surface area (Å²) in [5.74, 6) is 0. The summed E-state index contributed by atoms with van der Waals surface area (Å²) in [5.41, 5.74) is 3.02. The number of rotatable bonds is 3. The van der Waals surface area contributed by atoms with Crippen molar-refractivity contribution in [1.29, 1.82) is 0 Å². The van der Waals surface area contributed by atoms with Crippen molar-refractivity contribution in [3.05, 3.63) is 35.4 Å². The summed E-state index contributed by atoms with van der Waals surface area (Å²) < 4.78 is 5.75. The maximum atomic E-state index is 5.75. The second-order valence-corrected chi connectivity index (χ2v) is 5.30. The van der Waals surface area contributed by atoms with E-state index in [1.165, 1.54) is 36.8 Å². The number of nitrogens with one attached hydrogen (secondary N) is 1. The Morgan fingerprint density at radius 1 is 1.29 bits per heavy atom. The molecule has 0 spiro atoms. The minimum atomic E-state index is 0.419. The lowest BCUT2D eigenvalue weighted by Gasteiger charge is -2.24. The second-order valence-electron chi connectivity index (χ2n) is 5.30. The predicted octanol–water partition coefficient (Wildman–Crippen LogP) is 2.83. The van der Waals surface area contributed by atoms with Crippen LogP contribution in [0.4, 0.5) is 0 Å². The first-order chi connectivity index (χ1) is 8.34. The molecule has 3 rings (SSSR count). The molecule has 0 saturated carbocycles. The van der Waals surface area contributed by atoms with Crippen LogP contribution < -0.4 is 5.32 Å². The average Bonchev–Trinajstić information content (AvgIpc) is 2.98. The largest absolute Gasteiger partial charge is 0.377 e. The zero-order valence-electron chi connectivity index (χ0n) is 10.5. The number of hydrogen-bond donors (Lipinski definition) is 1. The lowest BCUT2D eigenvalue weighted by atomic mass is 10.0. The van der Waals surface area contributed by atoms with Crippen LogP contribution in [0.1, 0.15) is 43.4 Å². The van der Waals surface area contributed by atoms with Crippen molar-refractivity contribution in [2.45, 2.75) is 50.8 Å². The first-order valence-electron chi connectivity index (χ1n) is 6.80. The summed E-state index contributed by atoms with van der Waals surface area (Å²) in [6, 6.07) is 9.81. The van der Waals surface area contributed by atoms with Crippen LogP contribution in [-0.4, -0.2) is 18.8 Å². The fourth-order valence-corrected chi connectivity index (χ4v) is 3.15. The molecule has 1 aliphatic carbocycles. The van der Waals surface area contributed by atoms with E-state index in [-0.39, 0.29) is 0 Å². The molecule has 1 fully saturated rings. The van der Waals surface area contributed by atoms with E-state index in [1.807, 2.05) is 0 Å². The molecular formula is C15H21NO. The lowest BCUT2D eigenvalue weighted by molar-refractivity contribution is 0.0797. The van der Waals surface area contributed by atoms with Crippen LogP contribution in [0.3, 0.4) is 0 Å². The highest BCUT2D eigenvalue weighted by Crippen LogP contribution is 2.31. The maximum Gasteiger partial charge on any atom is 0.0726 e. The van der Waals surface area contributed by atoms with Gasteiger partial charge in [-0.05, 0) is 43.7 Å². The van der Waals surface area contributed by atoms with Gasteiger partial charge >= 0.3 is 0 Å². The van der Waals surface area contributed by atoms with E-state index in [4.69, 9.17) is 4.74 Å². The highest BCUT2D eigenvalue weighted by Gasteiger charge is 2.28. The van der Waals surface area contributed by atoms with E-state index in [1.54, 1.807) is 0 Å². The van der Waals surface area contributed by atoms with Gasteiger partial charge in [-0.2, -0.15) is 0 Å². The van der Waals surface area contributed by atoms with E-state index in [2.05, 4.69) is 36.5 Å². The molecule has 1 N–H and O–H groups in total. The molecule has 2 aliphatic rings. The first kappa shape index (κ1) is 11.2. The Labute approximate surface area is 103 Å². The summed E-state index contributed by atoms with van der Waals surface area (Å²) >= 11 is 0. The summed E-state index contributed by atoms with van der Waals surface area (Å²) in [5, 5.41) is 3.75. The molecule has 0 radical (unpaired) electrons. The fraction of sp³-hybridized carbons (Fsp3) is 0.600. The van der Waals surface area contributed by atoms with Crippen LogP contribution in [0.2, 0.25) is 0 Å². The molecular weight excluding hydrogens is 210 g/mol. The number of hydrogen-bond acceptors (Lipinski definition) is 2. The summed E-state index contributed by atoms with van der Waals surface area (Å²) in [6.45, 7) is 3.20. The third-order valence-electron chi connectivity index (χ3n) is 4.12. The topological polar surface area (TPSA) is 21.3 Å². The molecule has 3 atom stereocenters. The van der Waals surface area contributed by atoms with Crippen molar-refractivity contribution in [2.75, 3.05) is 6.61 Å². The van der Waals surface area contributed by atoms with Crippen LogP contribution in [0.25, 0.3) is 0 Å². The van der Waals surface area contributed by atoms with Crippen LogP contribution >= 0.6 is 0 Å². The van der Waals surface area contributed by atoms with E-state index >= 15 is 0 Å². The third-order valence-corrected chi connectivity index (χ3v) is 4.12. The molecule has 0 amide bonds. The van der Waals surface area contributed by atoms with Gasteiger partial charge in [0.15, 0.2) is 0 Å². The fourth-order valence-electron chi connectivity index (χ4n) is 3.15. The minimum Gasteiger partial charge on any atom is -0.377 e. The molecule has 17 heavy (non-hydrogen) atoms. The molecule has 0 aromatic heterocycles. The van der Waals surface area contributed by atoms with Crippen molar-refractivity contribution in [2.24, 2.45) is 0 Å². The second kappa shape index (κ2) is 4.79. The van der Waals surface area contributed by atoms with E-state index in [9.17, 15) is 0 Å². The molecule has 1 aliphatic heterocycles. The minimum absolute atomic E-state index is 0.419. The van der Waals surface area contributed by atoms with E-state index in [0.717, 1.165) is 6.61 Å². The normalized spacial score (nSPS) is 29.2. The van der Waals surface area contributed by atoms with Gasteiger partial charge in [0.1, 0.15) is 0 Å². The number of fused-ring (bicyclic) bond motifs is 1. The zero-order valence-corrected chi connectivity index (χ0v) is 10.5. The van der Waals surface area contributed by atoms with Crippen LogP contribution in [0.15, 0.2) is 24.3 Å². The van der Waals surface area contributed by atoms with Gasteiger partial charge in [-0.3, -0.25) is 0 Å². The van der Waals surface area contributed by atoms with Gasteiger partial charge in [0.25, 0.3) is 0 Å². The lowest BCUT2D eigenvalue weighted by Crippen LogP contribution is -2.38. The molecule has 1 saturated heterocycles. The van der Waals surface area contributed by atoms with Gasteiger partial charge in [0, 0.05) is 18.7 Å². The quantitative estimate of drug-likeness (QED) is 0.863. The Bertz CT molecular complexity index is 384. The Balaban J connectivity index is 1.66. The van der Waals surface area contributed by atoms with E-state index < -0.39 is 0 Å². The van der Waals surface area contributed by atoms with Crippen molar-refractivity contribution >= 4 is 0 Å². The number of benzene rings is 1.